The maximum Gasteiger partial charge on any atom is 0.239 e. The largest absolute Gasteiger partial charge is 0.339 e. The molecule has 2 amide bonds. The average molecular weight is 296 g/mol. The van der Waals surface area contributed by atoms with Crippen LogP contribution in [0.1, 0.15) is 33.1 Å². The summed E-state index contributed by atoms with van der Waals surface area (Å²) < 4.78 is 0. The van der Waals surface area contributed by atoms with Gasteiger partial charge >= 0.3 is 0 Å². The first kappa shape index (κ1) is 16.2. The van der Waals surface area contributed by atoms with Crippen LogP contribution in [0.2, 0.25) is 0 Å². The van der Waals surface area contributed by atoms with Crippen molar-refractivity contribution < 1.29 is 9.59 Å². The number of hydrogen-bond acceptors (Lipinski definition) is 4. The first-order chi connectivity index (χ1) is 9.99. The van der Waals surface area contributed by atoms with Crippen LogP contribution in [0, 0.1) is 0 Å². The second-order valence-electron chi connectivity index (χ2n) is 6.32. The zero-order valence-corrected chi connectivity index (χ0v) is 13.3. The van der Waals surface area contributed by atoms with Gasteiger partial charge in [-0.2, -0.15) is 0 Å². The highest BCUT2D eigenvalue weighted by Gasteiger charge is 2.27. The van der Waals surface area contributed by atoms with Crippen molar-refractivity contribution in [3.05, 3.63) is 0 Å². The predicted octanol–water partition coefficient (Wildman–Crippen LogP) is -0.121. The molecule has 2 fully saturated rings. The van der Waals surface area contributed by atoms with Crippen molar-refractivity contribution >= 4 is 11.8 Å². The first-order valence-electron chi connectivity index (χ1n) is 8.05. The van der Waals surface area contributed by atoms with Crippen LogP contribution in [0.5, 0.6) is 0 Å². The van der Waals surface area contributed by atoms with Crippen LogP contribution < -0.4 is 5.73 Å². The topological polar surface area (TPSA) is 69.9 Å². The van der Waals surface area contributed by atoms with Gasteiger partial charge in [0.15, 0.2) is 0 Å². The van der Waals surface area contributed by atoms with Crippen molar-refractivity contribution in [2.24, 2.45) is 5.73 Å². The van der Waals surface area contributed by atoms with E-state index in [9.17, 15) is 9.59 Å². The lowest BCUT2D eigenvalue weighted by molar-refractivity contribution is -0.137. The number of piperidine rings is 1. The maximum atomic E-state index is 12.4. The molecule has 0 aromatic rings. The molecule has 6 nitrogen and oxygen atoms in total. The van der Waals surface area contributed by atoms with Crippen LogP contribution in [-0.2, 0) is 9.59 Å². The highest BCUT2D eigenvalue weighted by molar-refractivity contribution is 5.81. The number of nitrogens with zero attached hydrogens (tertiary/aromatic N) is 3. The zero-order valence-electron chi connectivity index (χ0n) is 13.3. The van der Waals surface area contributed by atoms with Gasteiger partial charge in [-0.3, -0.25) is 14.5 Å². The van der Waals surface area contributed by atoms with Crippen LogP contribution in [0.15, 0.2) is 0 Å². The highest BCUT2D eigenvalue weighted by Crippen LogP contribution is 2.17. The molecule has 0 aromatic heterocycles. The van der Waals surface area contributed by atoms with Crippen molar-refractivity contribution in [3.8, 4) is 0 Å². The van der Waals surface area contributed by atoms with E-state index in [1.54, 1.807) is 11.8 Å². The molecule has 0 aliphatic carbocycles. The molecule has 2 rings (SSSR count). The molecule has 2 atom stereocenters. The summed E-state index contributed by atoms with van der Waals surface area (Å²) in [6.45, 7) is 8.07. The summed E-state index contributed by atoms with van der Waals surface area (Å²) in [6.07, 6.45) is 3.46. The standard InChI is InChI=1S/C15H28N4O2/c1-12-5-3-4-6-19(12)14(20)11-17-7-9-18(10-8-17)15(21)13(2)16/h12-13H,3-11,16H2,1-2H3/t12?,13-/m1/s1. The zero-order chi connectivity index (χ0) is 15.4. The monoisotopic (exact) mass is 296 g/mol. The van der Waals surface area contributed by atoms with E-state index in [0.29, 0.717) is 25.7 Å². The third-order valence-electron chi connectivity index (χ3n) is 4.56. The third-order valence-corrected chi connectivity index (χ3v) is 4.56. The van der Waals surface area contributed by atoms with Gasteiger partial charge in [0, 0.05) is 38.8 Å². The molecule has 0 bridgehead atoms. The second kappa shape index (κ2) is 7.22. The molecule has 2 aliphatic rings. The van der Waals surface area contributed by atoms with Gasteiger partial charge in [0.25, 0.3) is 0 Å². The number of carbonyl (C=O) groups excluding carboxylic acids is 2. The van der Waals surface area contributed by atoms with E-state index >= 15 is 0 Å². The van der Waals surface area contributed by atoms with Gasteiger partial charge in [0.2, 0.25) is 11.8 Å². The van der Waals surface area contributed by atoms with Gasteiger partial charge < -0.3 is 15.5 Å². The van der Waals surface area contributed by atoms with Crippen LogP contribution >= 0.6 is 0 Å². The lowest BCUT2D eigenvalue weighted by Crippen LogP contribution is -2.55. The van der Waals surface area contributed by atoms with Crippen LogP contribution in [-0.4, -0.2) is 77.9 Å². The fourth-order valence-electron chi connectivity index (χ4n) is 3.17. The molecule has 0 spiro atoms. The van der Waals surface area contributed by atoms with E-state index in [-0.39, 0.29) is 11.8 Å². The van der Waals surface area contributed by atoms with Crippen molar-refractivity contribution in [1.29, 1.82) is 0 Å². The van der Waals surface area contributed by atoms with E-state index in [4.69, 9.17) is 5.73 Å². The van der Waals surface area contributed by atoms with Crippen LogP contribution in [0.25, 0.3) is 0 Å². The molecule has 2 saturated heterocycles. The van der Waals surface area contributed by atoms with Crippen molar-refractivity contribution in [2.75, 3.05) is 39.3 Å². The Morgan fingerprint density at radius 2 is 1.81 bits per heavy atom. The van der Waals surface area contributed by atoms with Crippen molar-refractivity contribution in [3.63, 3.8) is 0 Å². The molecule has 0 radical (unpaired) electrons. The summed E-state index contributed by atoms with van der Waals surface area (Å²) >= 11 is 0. The minimum Gasteiger partial charge on any atom is -0.339 e. The summed E-state index contributed by atoms with van der Waals surface area (Å²) in [5.41, 5.74) is 5.63. The quantitative estimate of drug-likeness (QED) is 0.788. The molecule has 2 aliphatic heterocycles. The predicted molar refractivity (Wildman–Crippen MR) is 81.7 cm³/mol. The fourth-order valence-corrected chi connectivity index (χ4v) is 3.17. The molecule has 0 aromatic carbocycles. The first-order valence-corrected chi connectivity index (χ1v) is 8.05. The van der Waals surface area contributed by atoms with Gasteiger partial charge in [-0.1, -0.05) is 0 Å². The maximum absolute atomic E-state index is 12.4. The Morgan fingerprint density at radius 3 is 2.38 bits per heavy atom. The molecule has 2 N–H and O–H groups in total. The number of carbonyl (C=O) groups is 2. The lowest BCUT2D eigenvalue weighted by Gasteiger charge is -2.38. The van der Waals surface area contributed by atoms with E-state index in [2.05, 4.69) is 11.8 Å². The summed E-state index contributed by atoms with van der Waals surface area (Å²) in [5.74, 6) is 0.236. The Morgan fingerprint density at radius 1 is 1.14 bits per heavy atom. The lowest BCUT2D eigenvalue weighted by atomic mass is 10.0. The van der Waals surface area contributed by atoms with Gasteiger partial charge in [0.05, 0.1) is 12.6 Å². The van der Waals surface area contributed by atoms with E-state index < -0.39 is 6.04 Å². The SMILES string of the molecule is CC1CCCCN1C(=O)CN1CCN(C(=O)[C@@H](C)N)CC1. The molecular formula is C15H28N4O2. The minimum absolute atomic E-state index is 0.00521. The molecule has 1 unspecified atom stereocenters. The number of amides is 2. The molecular weight excluding hydrogens is 268 g/mol. The fraction of sp³-hybridized carbons (Fsp3) is 0.867. The summed E-state index contributed by atoms with van der Waals surface area (Å²) in [6, 6.07) is -0.0698. The Hall–Kier alpha value is -1.14. The van der Waals surface area contributed by atoms with Crippen molar-refractivity contribution in [2.45, 2.75) is 45.2 Å². The summed E-state index contributed by atoms with van der Waals surface area (Å²) in [4.78, 5) is 30.2. The van der Waals surface area contributed by atoms with Crippen molar-refractivity contribution in [1.82, 2.24) is 14.7 Å². The summed E-state index contributed by atoms with van der Waals surface area (Å²) in [7, 11) is 0. The third kappa shape index (κ3) is 4.17. The number of nitrogens with two attached hydrogens (primary N) is 1. The minimum atomic E-state index is -0.438. The Bertz CT molecular complexity index is 378. The number of likely N-dealkylation sites (tertiary alicyclic amines) is 1. The smallest absolute Gasteiger partial charge is 0.239 e. The molecule has 120 valence electrons. The molecule has 2 heterocycles. The van der Waals surface area contributed by atoms with Gasteiger partial charge in [0.1, 0.15) is 0 Å². The number of rotatable bonds is 3. The van der Waals surface area contributed by atoms with E-state index in [0.717, 1.165) is 32.5 Å². The van der Waals surface area contributed by atoms with Crippen LogP contribution in [0.3, 0.4) is 0 Å². The summed E-state index contributed by atoms with van der Waals surface area (Å²) in [5, 5.41) is 0. The van der Waals surface area contributed by atoms with E-state index in [1.165, 1.54) is 6.42 Å². The highest BCUT2D eigenvalue weighted by atomic mass is 16.2. The number of hydrogen-bond donors (Lipinski definition) is 1. The molecule has 21 heavy (non-hydrogen) atoms. The molecule has 6 heteroatoms. The van der Waals surface area contributed by atoms with Gasteiger partial charge in [-0.25, -0.2) is 0 Å². The van der Waals surface area contributed by atoms with Gasteiger partial charge in [-0.15, -0.1) is 0 Å². The Labute approximate surface area is 127 Å². The van der Waals surface area contributed by atoms with Gasteiger partial charge in [-0.05, 0) is 33.1 Å². The second-order valence-corrected chi connectivity index (χ2v) is 6.32. The number of piperazine rings is 1. The Kier molecular flexibility index (Phi) is 5.58. The Balaban J connectivity index is 1.78. The average Bonchev–Trinajstić information content (AvgIpc) is 2.47. The molecule has 0 saturated carbocycles. The van der Waals surface area contributed by atoms with Crippen LogP contribution in [0.4, 0.5) is 0 Å². The van der Waals surface area contributed by atoms with E-state index in [1.807, 2.05) is 4.90 Å². The normalized spacial score (nSPS) is 25.8.